The molecule has 20 heavy (non-hydrogen) atoms. The Bertz CT molecular complexity index is 647. The van der Waals surface area contributed by atoms with Gasteiger partial charge >= 0.3 is 0 Å². The molecule has 0 saturated carbocycles. The van der Waals surface area contributed by atoms with E-state index in [2.05, 4.69) is 5.16 Å². The van der Waals surface area contributed by atoms with Crippen molar-refractivity contribution in [1.29, 1.82) is 0 Å². The molecule has 0 radical (unpaired) electrons. The first-order valence-electron chi connectivity index (χ1n) is 6.51. The molecule has 3 rings (SSSR count). The van der Waals surface area contributed by atoms with Crippen LogP contribution in [-0.2, 0) is 13.0 Å². The smallest absolute Gasteiger partial charge is 0.120 e. The Balaban J connectivity index is 1.71. The van der Waals surface area contributed by atoms with Crippen LogP contribution in [0.1, 0.15) is 23.1 Å². The van der Waals surface area contributed by atoms with Gasteiger partial charge in [-0.3, -0.25) is 0 Å². The van der Waals surface area contributed by atoms with Gasteiger partial charge in [0.05, 0.1) is 5.71 Å². The highest BCUT2D eigenvalue weighted by molar-refractivity contribution is 6.04. The summed E-state index contributed by atoms with van der Waals surface area (Å²) in [5.74, 6) is 1.05. The molecule has 2 aromatic carbocycles. The summed E-state index contributed by atoms with van der Waals surface area (Å²) >= 11 is 0. The van der Waals surface area contributed by atoms with Crippen LogP contribution in [0.3, 0.4) is 0 Å². The van der Waals surface area contributed by atoms with Crippen LogP contribution in [0.2, 0.25) is 0 Å². The van der Waals surface area contributed by atoms with Crippen LogP contribution in [0.25, 0.3) is 0 Å². The van der Waals surface area contributed by atoms with Crippen LogP contribution in [0.15, 0.2) is 47.6 Å². The number of fused-ring (bicyclic) bond motifs is 1. The van der Waals surface area contributed by atoms with Crippen LogP contribution in [-0.4, -0.2) is 16.0 Å². The molecule has 0 saturated heterocycles. The van der Waals surface area contributed by atoms with E-state index in [0.717, 1.165) is 41.0 Å². The molecule has 0 aliphatic heterocycles. The van der Waals surface area contributed by atoms with Gasteiger partial charge in [-0.05, 0) is 54.3 Å². The summed E-state index contributed by atoms with van der Waals surface area (Å²) in [7, 11) is 0. The fourth-order valence-electron chi connectivity index (χ4n) is 2.40. The van der Waals surface area contributed by atoms with Crippen molar-refractivity contribution in [3.05, 3.63) is 59.2 Å². The van der Waals surface area contributed by atoms with Gasteiger partial charge in [0.2, 0.25) is 0 Å². The second-order valence-corrected chi connectivity index (χ2v) is 4.82. The lowest BCUT2D eigenvalue weighted by molar-refractivity contribution is 0.306. The van der Waals surface area contributed by atoms with Crippen molar-refractivity contribution < 1.29 is 15.1 Å². The minimum absolute atomic E-state index is 0.252. The average Bonchev–Trinajstić information content (AvgIpc) is 2.89. The van der Waals surface area contributed by atoms with Crippen molar-refractivity contribution in [3.8, 4) is 11.5 Å². The number of rotatable bonds is 3. The third-order valence-electron chi connectivity index (χ3n) is 3.48. The third-order valence-corrected chi connectivity index (χ3v) is 3.48. The molecule has 4 heteroatoms. The molecule has 1 aliphatic carbocycles. The Kier molecular flexibility index (Phi) is 3.29. The number of hydrogen-bond acceptors (Lipinski definition) is 4. The van der Waals surface area contributed by atoms with Crippen LogP contribution in [0.4, 0.5) is 0 Å². The molecular formula is C16H15NO3. The van der Waals surface area contributed by atoms with Crippen LogP contribution >= 0.6 is 0 Å². The summed E-state index contributed by atoms with van der Waals surface area (Å²) in [6.07, 6.45) is 1.65. The minimum Gasteiger partial charge on any atom is -0.508 e. The van der Waals surface area contributed by atoms with Gasteiger partial charge < -0.3 is 15.1 Å². The highest BCUT2D eigenvalue weighted by atomic mass is 16.5. The van der Waals surface area contributed by atoms with Gasteiger partial charge in [0, 0.05) is 5.56 Å². The number of aryl methyl sites for hydroxylation is 1. The van der Waals surface area contributed by atoms with E-state index in [9.17, 15) is 5.11 Å². The Morgan fingerprint density at radius 3 is 2.60 bits per heavy atom. The molecule has 0 atom stereocenters. The van der Waals surface area contributed by atoms with E-state index >= 15 is 0 Å². The van der Waals surface area contributed by atoms with Crippen molar-refractivity contribution in [2.24, 2.45) is 5.16 Å². The maximum atomic E-state index is 9.22. The van der Waals surface area contributed by atoms with Gasteiger partial charge in [-0.2, -0.15) is 0 Å². The molecule has 0 unspecified atom stereocenters. The molecule has 0 fully saturated rings. The average molecular weight is 269 g/mol. The summed E-state index contributed by atoms with van der Waals surface area (Å²) in [5, 5.41) is 21.4. The fraction of sp³-hybridized carbons (Fsp3) is 0.188. The zero-order chi connectivity index (χ0) is 13.9. The van der Waals surface area contributed by atoms with E-state index in [0.29, 0.717) is 6.61 Å². The topological polar surface area (TPSA) is 62.1 Å². The minimum atomic E-state index is 0.252. The molecule has 2 N–H and O–H groups in total. The molecule has 102 valence electrons. The van der Waals surface area contributed by atoms with Gasteiger partial charge in [-0.25, -0.2) is 0 Å². The highest BCUT2D eigenvalue weighted by Crippen LogP contribution is 2.27. The predicted molar refractivity (Wildman–Crippen MR) is 75.5 cm³/mol. The number of oxime groups is 1. The van der Waals surface area contributed by atoms with Gasteiger partial charge in [-0.1, -0.05) is 17.3 Å². The number of benzene rings is 2. The van der Waals surface area contributed by atoms with E-state index in [1.807, 2.05) is 30.3 Å². The first kappa shape index (κ1) is 12.5. The van der Waals surface area contributed by atoms with Gasteiger partial charge in [0.25, 0.3) is 0 Å². The Morgan fingerprint density at radius 1 is 1.05 bits per heavy atom. The van der Waals surface area contributed by atoms with Crippen molar-refractivity contribution in [1.82, 2.24) is 0 Å². The zero-order valence-electron chi connectivity index (χ0n) is 10.9. The second kappa shape index (κ2) is 5.25. The summed E-state index contributed by atoms with van der Waals surface area (Å²) in [6.45, 7) is 0.458. The van der Waals surface area contributed by atoms with E-state index in [-0.39, 0.29) is 5.75 Å². The number of ether oxygens (including phenoxy) is 1. The number of aromatic hydroxyl groups is 1. The zero-order valence-corrected chi connectivity index (χ0v) is 10.9. The fourth-order valence-corrected chi connectivity index (χ4v) is 2.40. The molecule has 1 aliphatic rings. The molecular weight excluding hydrogens is 254 g/mol. The van der Waals surface area contributed by atoms with Crippen molar-refractivity contribution in [2.75, 3.05) is 0 Å². The monoisotopic (exact) mass is 269 g/mol. The summed E-state index contributed by atoms with van der Waals surface area (Å²) in [4.78, 5) is 0. The van der Waals surface area contributed by atoms with Crippen molar-refractivity contribution >= 4 is 5.71 Å². The standard InChI is InChI=1S/C16H15NO3/c18-13-4-1-11(2-5-13)10-20-14-6-7-15-12(9-14)3-8-16(15)17-19/h1-2,4-7,9,18-19H,3,8,10H2/b17-16-. The predicted octanol–water partition coefficient (Wildman–Crippen LogP) is 3.10. The summed E-state index contributed by atoms with van der Waals surface area (Å²) in [5.41, 5.74) is 3.90. The molecule has 4 nitrogen and oxygen atoms in total. The number of phenolic OH excluding ortho intramolecular Hbond substituents is 1. The maximum Gasteiger partial charge on any atom is 0.120 e. The normalized spacial score (nSPS) is 15.3. The first-order valence-corrected chi connectivity index (χ1v) is 6.51. The van der Waals surface area contributed by atoms with Crippen LogP contribution in [0, 0.1) is 0 Å². The van der Waals surface area contributed by atoms with E-state index < -0.39 is 0 Å². The van der Waals surface area contributed by atoms with Crippen molar-refractivity contribution in [2.45, 2.75) is 19.4 Å². The maximum absolute atomic E-state index is 9.22. The van der Waals surface area contributed by atoms with Gasteiger partial charge in [0.15, 0.2) is 0 Å². The van der Waals surface area contributed by atoms with Crippen LogP contribution < -0.4 is 4.74 Å². The third kappa shape index (κ3) is 2.45. The number of hydrogen-bond donors (Lipinski definition) is 2. The summed E-state index contributed by atoms with van der Waals surface area (Å²) < 4.78 is 5.74. The lowest BCUT2D eigenvalue weighted by Crippen LogP contribution is -1.97. The lowest BCUT2D eigenvalue weighted by atomic mass is 10.1. The largest absolute Gasteiger partial charge is 0.508 e. The highest BCUT2D eigenvalue weighted by Gasteiger charge is 2.18. The van der Waals surface area contributed by atoms with E-state index in [4.69, 9.17) is 9.94 Å². The second-order valence-electron chi connectivity index (χ2n) is 4.82. The Labute approximate surface area is 116 Å². The number of nitrogens with zero attached hydrogens (tertiary/aromatic N) is 1. The number of phenols is 1. The Morgan fingerprint density at radius 2 is 1.85 bits per heavy atom. The summed E-state index contributed by atoms with van der Waals surface area (Å²) in [6, 6.07) is 12.8. The van der Waals surface area contributed by atoms with Gasteiger partial charge in [0.1, 0.15) is 18.1 Å². The molecule has 0 amide bonds. The molecule has 0 aromatic heterocycles. The van der Waals surface area contributed by atoms with E-state index in [1.165, 1.54) is 0 Å². The Hall–Kier alpha value is -2.49. The van der Waals surface area contributed by atoms with E-state index in [1.54, 1.807) is 12.1 Å². The quantitative estimate of drug-likeness (QED) is 0.665. The lowest BCUT2D eigenvalue weighted by Gasteiger charge is -2.08. The SMILES string of the molecule is O/N=C1/CCc2cc(OCc3ccc(O)cc3)ccc21. The van der Waals surface area contributed by atoms with Gasteiger partial charge in [-0.15, -0.1) is 0 Å². The van der Waals surface area contributed by atoms with Crippen molar-refractivity contribution in [3.63, 3.8) is 0 Å². The molecule has 2 aromatic rings. The first-order chi connectivity index (χ1) is 9.76. The molecule has 0 bridgehead atoms. The molecule has 0 heterocycles. The van der Waals surface area contributed by atoms with Crippen LogP contribution in [0.5, 0.6) is 11.5 Å². The molecule has 0 spiro atoms.